The summed E-state index contributed by atoms with van der Waals surface area (Å²) < 4.78 is 0. The molecule has 0 aliphatic heterocycles. The Morgan fingerprint density at radius 2 is 1.88 bits per heavy atom. The van der Waals surface area contributed by atoms with Crippen LogP contribution in [0.15, 0.2) is 0 Å². The molecule has 0 aromatic carbocycles. The summed E-state index contributed by atoms with van der Waals surface area (Å²) in [6.07, 6.45) is 7.06. The third kappa shape index (κ3) is 3.23. The topological polar surface area (TPSA) is 15.3 Å². The molecule has 0 bridgehead atoms. The number of rotatable bonds is 5. The molecule has 17 heavy (non-hydrogen) atoms. The summed E-state index contributed by atoms with van der Waals surface area (Å²) in [5.74, 6) is 1.80. The highest BCUT2D eigenvalue weighted by molar-refractivity contribution is 4.96. The molecule has 0 radical (unpaired) electrons. The fourth-order valence-electron chi connectivity index (χ4n) is 3.49. The highest BCUT2D eigenvalue weighted by Gasteiger charge is 2.38. The molecular weight excluding hydrogens is 208 g/mol. The van der Waals surface area contributed by atoms with E-state index >= 15 is 0 Å². The van der Waals surface area contributed by atoms with E-state index in [1.54, 1.807) is 0 Å². The predicted octanol–water partition coefficient (Wildman–Crippen LogP) is 2.88. The number of nitrogens with zero attached hydrogens (tertiary/aromatic N) is 1. The van der Waals surface area contributed by atoms with Crippen LogP contribution in [0.1, 0.15) is 52.9 Å². The average molecular weight is 238 g/mol. The van der Waals surface area contributed by atoms with Gasteiger partial charge in [0.05, 0.1) is 0 Å². The van der Waals surface area contributed by atoms with E-state index in [1.807, 2.05) is 0 Å². The van der Waals surface area contributed by atoms with Crippen LogP contribution in [0.25, 0.3) is 0 Å². The first kappa shape index (κ1) is 13.4. The second-order valence-corrected chi connectivity index (χ2v) is 6.45. The van der Waals surface area contributed by atoms with Crippen molar-refractivity contribution in [2.45, 2.75) is 71.0 Å². The van der Waals surface area contributed by atoms with E-state index in [-0.39, 0.29) is 0 Å². The van der Waals surface area contributed by atoms with Gasteiger partial charge in [-0.1, -0.05) is 20.8 Å². The van der Waals surface area contributed by atoms with Gasteiger partial charge in [0.25, 0.3) is 0 Å². The normalized spacial score (nSPS) is 34.6. The van der Waals surface area contributed by atoms with Crippen molar-refractivity contribution in [3.63, 3.8) is 0 Å². The molecule has 3 unspecified atom stereocenters. The van der Waals surface area contributed by atoms with Crippen LogP contribution < -0.4 is 5.32 Å². The molecule has 2 heteroatoms. The zero-order valence-electron chi connectivity index (χ0n) is 12.1. The second-order valence-electron chi connectivity index (χ2n) is 6.45. The minimum absolute atomic E-state index is 0.737. The maximum absolute atomic E-state index is 3.72. The van der Waals surface area contributed by atoms with Crippen LogP contribution in [-0.2, 0) is 0 Å². The summed E-state index contributed by atoms with van der Waals surface area (Å²) in [4.78, 5) is 2.68. The summed E-state index contributed by atoms with van der Waals surface area (Å²) >= 11 is 0. The van der Waals surface area contributed by atoms with E-state index in [0.29, 0.717) is 0 Å². The van der Waals surface area contributed by atoms with Crippen molar-refractivity contribution in [3.05, 3.63) is 0 Å². The first-order valence-electron chi connectivity index (χ1n) is 7.58. The fourth-order valence-corrected chi connectivity index (χ4v) is 3.49. The third-order valence-electron chi connectivity index (χ3n) is 4.91. The largest absolute Gasteiger partial charge is 0.313 e. The Balaban J connectivity index is 1.98. The lowest BCUT2D eigenvalue weighted by Crippen LogP contribution is -2.53. The summed E-state index contributed by atoms with van der Waals surface area (Å²) in [5, 5.41) is 3.72. The van der Waals surface area contributed by atoms with Gasteiger partial charge in [0.2, 0.25) is 0 Å². The number of hydrogen-bond acceptors (Lipinski definition) is 2. The van der Waals surface area contributed by atoms with Crippen molar-refractivity contribution < 1.29 is 0 Å². The van der Waals surface area contributed by atoms with Gasteiger partial charge >= 0.3 is 0 Å². The van der Waals surface area contributed by atoms with Crippen molar-refractivity contribution in [2.24, 2.45) is 11.8 Å². The smallest absolute Gasteiger partial charge is 0.0251 e. The summed E-state index contributed by atoms with van der Waals surface area (Å²) in [6.45, 7) is 8.15. The van der Waals surface area contributed by atoms with Crippen LogP contribution >= 0.6 is 0 Å². The quantitative estimate of drug-likeness (QED) is 0.792. The Hall–Kier alpha value is -0.0800. The maximum atomic E-state index is 3.72. The van der Waals surface area contributed by atoms with Gasteiger partial charge < -0.3 is 5.32 Å². The minimum atomic E-state index is 0.737. The first-order valence-corrected chi connectivity index (χ1v) is 7.58. The van der Waals surface area contributed by atoms with Crippen LogP contribution in [-0.4, -0.2) is 36.6 Å². The lowest BCUT2D eigenvalue weighted by Gasteiger charge is -2.43. The maximum Gasteiger partial charge on any atom is 0.0251 e. The van der Waals surface area contributed by atoms with Crippen molar-refractivity contribution in [1.29, 1.82) is 0 Å². The Morgan fingerprint density at radius 1 is 1.18 bits per heavy atom. The molecule has 0 spiro atoms. The Bertz CT molecular complexity index is 235. The van der Waals surface area contributed by atoms with E-state index in [4.69, 9.17) is 0 Å². The molecule has 2 fully saturated rings. The van der Waals surface area contributed by atoms with Crippen molar-refractivity contribution in [3.8, 4) is 0 Å². The molecule has 0 aromatic heterocycles. The monoisotopic (exact) mass is 238 g/mol. The SMILES string of the molecule is CCNC1CCC(C(C)C)CC1N(C)C1CC1. The highest BCUT2D eigenvalue weighted by atomic mass is 15.2. The van der Waals surface area contributed by atoms with Crippen LogP contribution in [0.3, 0.4) is 0 Å². The Kier molecular flexibility index (Phi) is 4.48. The third-order valence-corrected chi connectivity index (χ3v) is 4.91. The molecule has 2 aliphatic carbocycles. The molecule has 3 atom stereocenters. The van der Waals surface area contributed by atoms with Crippen LogP contribution in [0.5, 0.6) is 0 Å². The molecule has 2 saturated carbocycles. The molecule has 1 N–H and O–H groups in total. The molecule has 0 amide bonds. The molecule has 100 valence electrons. The van der Waals surface area contributed by atoms with Gasteiger partial charge in [0.15, 0.2) is 0 Å². The standard InChI is InChI=1S/C15H30N2/c1-5-16-14-9-6-12(11(2)3)10-15(14)17(4)13-7-8-13/h11-16H,5-10H2,1-4H3. The van der Waals surface area contributed by atoms with Gasteiger partial charge in [-0.15, -0.1) is 0 Å². The molecule has 0 saturated heterocycles. The van der Waals surface area contributed by atoms with E-state index in [2.05, 4.69) is 38.0 Å². The van der Waals surface area contributed by atoms with Crippen LogP contribution in [0.2, 0.25) is 0 Å². The summed E-state index contributed by atoms with van der Waals surface area (Å²) in [6, 6.07) is 2.41. The van der Waals surface area contributed by atoms with Gasteiger partial charge in [-0.2, -0.15) is 0 Å². The number of nitrogens with one attached hydrogen (secondary N) is 1. The predicted molar refractivity (Wildman–Crippen MR) is 74.2 cm³/mol. The average Bonchev–Trinajstić information content (AvgIpc) is 3.12. The van der Waals surface area contributed by atoms with E-state index < -0.39 is 0 Å². The van der Waals surface area contributed by atoms with E-state index in [9.17, 15) is 0 Å². The fraction of sp³-hybridized carbons (Fsp3) is 1.00. The van der Waals surface area contributed by atoms with Crippen LogP contribution in [0.4, 0.5) is 0 Å². The molecule has 0 aromatic rings. The van der Waals surface area contributed by atoms with Gasteiger partial charge in [-0.05, 0) is 57.5 Å². The number of hydrogen-bond donors (Lipinski definition) is 1. The van der Waals surface area contributed by atoms with Crippen molar-refractivity contribution in [2.75, 3.05) is 13.6 Å². The Labute approximate surface area is 107 Å². The lowest BCUT2D eigenvalue weighted by molar-refractivity contribution is 0.0978. The zero-order chi connectivity index (χ0) is 12.4. The van der Waals surface area contributed by atoms with Gasteiger partial charge in [-0.25, -0.2) is 0 Å². The zero-order valence-corrected chi connectivity index (χ0v) is 12.1. The molecule has 2 aliphatic rings. The van der Waals surface area contributed by atoms with Gasteiger partial charge in [-0.3, -0.25) is 4.90 Å². The minimum Gasteiger partial charge on any atom is -0.313 e. The van der Waals surface area contributed by atoms with E-state index in [1.165, 1.54) is 32.1 Å². The molecular formula is C15H30N2. The second kappa shape index (κ2) is 5.71. The summed E-state index contributed by atoms with van der Waals surface area (Å²) in [7, 11) is 2.36. The van der Waals surface area contributed by atoms with Gasteiger partial charge in [0.1, 0.15) is 0 Å². The van der Waals surface area contributed by atoms with Crippen molar-refractivity contribution in [1.82, 2.24) is 10.2 Å². The molecule has 2 nitrogen and oxygen atoms in total. The molecule has 2 rings (SSSR count). The Morgan fingerprint density at radius 3 is 2.41 bits per heavy atom. The molecule has 0 heterocycles. The van der Waals surface area contributed by atoms with E-state index in [0.717, 1.165) is 36.5 Å². The highest BCUT2D eigenvalue weighted by Crippen LogP contribution is 2.36. The number of likely N-dealkylation sites (N-methyl/N-ethyl adjacent to an activating group) is 2. The first-order chi connectivity index (χ1) is 8.13. The summed E-state index contributed by atoms with van der Waals surface area (Å²) in [5.41, 5.74) is 0. The van der Waals surface area contributed by atoms with Crippen LogP contribution in [0, 0.1) is 11.8 Å². The lowest BCUT2D eigenvalue weighted by atomic mass is 9.76. The van der Waals surface area contributed by atoms with Crippen molar-refractivity contribution >= 4 is 0 Å². The van der Waals surface area contributed by atoms with Gasteiger partial charge in [0, 0.05) is 18.1 Å².